The Morgan fingerprint density at radius 2 is 1.76 bits per heavy atom. The van der Waals surface area contributed by atoms with Gasteiger partial charge in [-0.25, -0.2) is 9.97 Å². The Hall–Kier alpha value is -3.81. The fourth-order valence-electron chi connectivity index (χ4n) is 4.16. The van der Waals surface area contributed by atoms with Crippen molar-refractivity contribution in [2.75, 3.05) is 10.6 Å². The van der Waals surface area contributed by atoms with Crippen LogP contribution < -0.4 is 16.2 Å². The van der Waals surface area contributed by atoms with Crippen LogP contribution in [0.3, 0.4) is 0 Å². The third-order valence-electron chi connectivity index (χ3n) is 6.14. The maximum absolute atomic E-state index is 13.8. The van der Waals surface area contributed by atoms with Crippen LogP contribution in [0.2, 0.25) is 0 Å². The quantitative estimate of drug-likeness (QED) is 0.509. The average Bonchev–Trinajstić information content (AvgIpc) is 3.61. The van der Waals surface area contributed by atoms with Crippen molar-refractivity contribution in [3.05, 3.63) is 75.5 Å². The molecule has 0 aliphatic heterocycles. The number of Topliss-reactive ketones (excluding diaryl/α,β-unsaturated/α-hetero) is 1. The fraction of sp³-hybridized carbons (Fsp3) is 0.346. The molecule has 34 heavy (non-hydrogen) atoms. The molecule has 2 heterocycles. The van der Waals surface area contributed by atoms with Crippen molar-refractivity contribution in [1.82, 2.24) is 14.5 Å². The fourth-order valence-corrected chi connectivity index (χ4v) is 4.16. The molecule has 176 valence electrons. The Kier molecular flexibility index (Phi) is 6.08. The van der Waals surface area contributed by atoms with E-state index in [1.54, 1.807) is 16.7 Å². The number of pyridine rings is 1. The van der Waals surface area contributed by atoms with Crippen LogP contribution in [0.1, 0.15) is 60.8 Å². The van der Waals surface area contributed by atoms with Gasteiger partial charge >= 0.3 is 0 Å². The number of nitrogens with zero attached hydrogens (tertiary/aromatic N) is 3. The summed E-state index contributed by atoms with van der Waals surface area (Å²) < 4.78 is 1.55. The van der Waals surface area contributed by atoms with Crippen LogP contribution in [0, 0.1) is 19.8 Å². The first-order chi connectivity index (χ1) is 16.1. The number of anilines is 3. The highest BCUT2D eigenvalue weighted by molar-refractivity contribution is 5.95. The molecule has 8 nitrogen and oxygen atoms in total. The first-order valence-electron chi connectivity index (χ1n) is 11.3. The van der Waals surface area contributed by atoms with Crippen LogP contribution in [-0.4, -0.2) is 26.2 Å². The second kappa shape index (κ2) is 8.85. The smallest absolute Gasteiger partial charge is 0.275 e. The van der Waals surface area contributed by atoms with Gasteiger partial charge in [0.05, 0.1) is 11.2 Å². The number of aromatic nitrogens is 3. The van der Waals surface area contributed by atoms with Gasteiger partial charge in [0.1, 0.15) is 23.7 Å². The second-order valence-corrected chi connectivity index (χ2v) is 9.39. The summed E-state index contributed by atoms with van der Waals surface area (Å²) in [4.78, 5) is 46.8. The number of benzene rings is 1. The van der Waals surface area contributed by atoms with Crippen LogP contribution in [-0.2, 0) is 10.3 Å². The number of aryl methyl sites for hydroxylation is 2. The molecule has 8 heteroatoms. The molecule has 1 aliphatic carbocycles. The maximum Gasteiger partial charge on any atom is 0.275 e. The standard InChI is InChI=1S/C26H29N5O3/c1-15-7-6-8-19(11-15)26(4,5)31-23(17(3)32)16(2)12-20(25(31)34)29-21-13-22(28-14-27-21)30-24(33)18-9-10-18/h6-8,11-14,18H,9-10H2,1-5H3,(H2,27,28,29,30,33). The van der Waals surface area contributed by atoms with Gasteiger partial charge in [-0.05, 0) is 57.7 Å². The van der Waals surface area contributed by atoms with Crippen molar-refractivity contribution >= 4 is 29.0 Å². The number of hydrogen-bond donors (Lipinski definition) is 2. The molecule has 4 rings (SSSR count). The first-order valence-corrected chi connectivity index (χ1v) is 11.3. The zero-order valence-electron chi connectivity index (χ0n) is 20.1. The first kappa shape index (κ1) is 23.4. The minimum Gasteiger partial charge on any atom is -0.336 e. The molecule has 0 unspecified atom stereocenters. The third-order valence-corrected chi connectivity index (χ3v) is 6.14. The van der Waals surface area contributed by atoms with Crippen LogP contribution in [0.25, 0.3) is 0 Å². The summed E-state index contributed by atoms with van der Waals surface area (Å²) >= 11 is 0. The van der Waals surface area contributed by atoms with E-state index in [0.29, 0.717) is 22.9 Å². The van der Waals surface area contributed by atoms with Crippen molar-refractivity contribution in [2.45, 2.75) is 53.0 Å². The van der Waals surface area contributed by atoms with Gasteiger partial charge in [-0.1, -0.05) is 29.8 Å². The molecule has 0 radical (unpaired) electrons. The van der Waals surface area contributed by atoms with Crippen molar-refractivity contribution in [2.24, 2.45) is 5.92 Å². The molecule has 1 amide bonds. The molecular weight excluding hydrogens is 430 g/mol. The highest BCUT2D eigenvalue weighted by atomic mass is 16.2. The van der Waals surface area contributed by atoms with Gasteiger partial charge in [-0.2, -0.15) is 0 Å². The number of carbonyl (C=O) groups excluding carboxylic acids is 2. The number of carbonyl (C=O) groups is 2. The van der Waals surface area contributed by atoms with Crippen molar-refractivity contribution in [3.8, 4) is 0 Å². The van der Waals surface area contributed by atoms with Crippen molar-refractivity contribution < 1.29 is 9.59 Å². The average molecular weight is 460 g/mol. The number of nitrogens with one attached hydrogen (secondary N) is 2. The molecule has 0 atom stereocenters. The Morgan fingerprint density at radius 3 is 2.41 bits per heavy atom. The van der Waals surface area contributed by atoms with Crippen LogP contribution in [0.5, 0.6) is 0 Å². The van der Waals surface area contributed by atoms with Gasteiger partial charge in [-0.15, -0.1) is 0 Å². The Labute approximate surface area is 198 Å². The molecule has 1 fully saturated rings. The SMILES string of the molecule is CC(=O)c1c(C)cc(Nc2cc(NC(=O)C3CC3)ncn2)c(=O)n1C(C)(C)c1cccc(C)c1. The predicted octanol–water partition coefficient (Wildman–Crippen LogP) is 4.33. The van der Waals surface area contributed by atoms with E-state index in [2.05, 4.69) is 20.6 Å². The second-order valence-electron chi connectivity index (χ2n) is 9.39. The van der Waals surface area contributed by atoms with E-state index in [1.165, 1.54) is 13.3 Å². The van der Waals surface area contributed by atoms with E-state index in [9.17, 15) is 14.4 Å². The lowest BCUT2D eigenvalue weighted by molar-refractivity contribution is -0.117. The van der Waals surface area contributed by atoms with Crippen molar-refractivity contribution in [1.29, 1.82) is 0 Å². The molecular formula is C26H29N5O3. The lowest BCUT2D eigenvalue weighted by atomic mass is 9.91. The largest absolute Gasteiger partial charge is 0.336 e. The van der Waals surface area contributed by atoms with Crippen LogP contribution in [0.15, 0.2) is 47.5 Å². The zero-order valence-corrected chi connectivity index (χ0v) is 20.1. The molecule has 2 aromatic heterocycles. The van der Waals surface area contributed by atoms with E-state index in [4.69, 9.17) is 0 Å². The Balaban J connectivity index is 1.77. The topological polar surface area (TPSA) is 106 Å². The monoisotopic (exact) mass is 459 g/mol. The molecule has 1 aliphatic rings. The summed E-state index contributed by atoms with van der Waals surface area (Å²) in [5, 5.41) is 5.85. The predicted molar refractivity (Wildman–Crippen MR) is 132 cm³/mol. The highest BCUT2D eigenvalue weighted by Crippen LogP contribution is 2.31. The van der Waals surface area contributed by atoms with Gasteiger partial charge in [0.15, 0.2) is 5.78 Å². The van der Waals surface area contributed by atoms with Gasteiger partial charge in [0.2, 0.25) is 5.91 Å². The van der Waals surface area contributed by atoms with Crippen LogP contribution >= 0.6 is 0 Å². The number of amides is 1. The molecule has 1 saturated carbocycles. The van der Waals surface area contributed by atoms with Gasteiger partial charge in [-0.3, -0.25) is 19.0 Å². The van der Waals surface area contributed by atoms with Crippen LogP contribution in [0.4, 0.5) is 17.3 Å². The number of hydrogen-bond acceptors (Lipinski definition) is 6. The molecule has 0 spiro atoms. The Morgan fingerprint density at radius 1 is 1.06 bits per heavy atom. The van der Waals surface area contributed by atoms with E-state index < -0.39 is 5.54 Å². The summed E-state index contributed by atoms with van der Waals surface area (Å²) in [5.74, 6) is 0.534. The third kappa shape index (κ3) is 4.62. The van der Waals surface area contributed by atoms with E-state index in [0.717, 1.165) is 24.0 Å². The number of ketones is 1. The maximum atomic E-state index is 13.8. The summed E-state index contributed by atoms with van der Waals surface area (Å²) in [6.45, 7) is 9.12. The van der Waals surface area contributed by atoms with Gasteiger partial charge < -0.3 is 10.6 Å². The number of rotatable bonds is 7. The van der Waals surface area contributed by atoms with Crippen molar-refractivity contribution in [3.63, 3.8) is 0 Å². The lowest BCUT2D eigenvalue weighted by Crippen LogP contribution is -2.41. The molecule has 0 bridgehead atoms. The van der Waals surface area contributed by atoms with Gasteiger partial charge in [0.25, 0.3) is 5.56 Å². The molecule has 3 aromatic rings. The van der Waals surface area contributed by atoms with E-state index in [-0.39, 0.29) is 28.9 Å². The molecule has 2 N–H and O–H groups in total. The van der Waals surface area contributed by atoms with Gasteiger partial charge in [0, 0.05) is 18.9 Å². The molecule has 0 saturated heterocycles. The normalized spacial score (nSPS) is 13.4. The Bertz CT molecular complexity index is 1340. The lowest BCUT2D eigenvalue weighted by Gasteiger charge is -2.32. The summed E-state index contributed by atoms with van der Waals surface area (Å²) in [6, 6.07) is 11.2. The van der Waals surface area contributed by atoms with E-state index in [1.807, 2.05) is 52.0 Å². The summed E-state index contributed by atoms with van der Waals surface area (Å²) in [6.07, 6.45) is 3.11. The summed E-state index contributed by atoms with van der Waals surface area (Å²) in [7, 11) is 0. The highest BCUT2D eigenvalue weighted by Gasteiger charge is 2.31. The minimum absolute atomic E-state index is 0.0456. The van der Waals surface area contributed by atoms with E-state index >= 15 is 0 Å². The minimum atomic E-state index is -0.790. The molecule has 1 aromatic carbocycles. The zero-order chi connectivity index (χ0) is 24.6. The summed E-state index contributed by atoms with van der Waals surface area (Å²) in [5.41, 5.74) is 2.16.